The number of hydrogen-bond donors (Lipinski definition) is 0. The van der Waals surface area contributed by atoms with Crippen LogP contribution in [0, 0.1) is 11.8 Å². The van der Waals surface area contributed by atoms with Gasteiger partial charge in [0.15, 0.2) is 0 Å². The minimum Gasteiger partial charge on any atom is -0.465 e. The molecule has 4 nitrogen and oxygen atoms in total. The van der Waals surface area contributed by atoms with Crippen molar-refractivity contribution in [1.82, 2.24) is 0 Å². The van der Waals surface area contributed by atoms with Gasteiger partial charge in [-0.15, -0.1) is 0 Å². The SMILES string of the molecule is CCCCCCCOC(=O)C1CCCCC(C(=O)OCCCCCCC)C1. The fourth-order valence-electron chi connectivity index (χ4n) is 3.78. The van der Waals surface area contributed by atoms with Gasteiger partial charge in [-0.3, -0.25) is 9.59 Å². The molecule has 1 aliphatic rings. The lowest BCUT2D eigenvalue weighted by atomic mass is 9.93. The molecule has 2 unspecified atom stereocenters. The quantitative estimate of drug-likeness (QED) is 0.204. The van der Waals surface area contributed by atoms with Crippen LogP contribution in [0.3, 0.4) is 0 Å². The molecule has 1 saturated carbocycles. The molecule has 1 fully saturated rings. The summed E-state index contributed by atoms with van der Waals surface area (Å²) < 4.78 is 11.0. The van der Waals surface area contributed by atoms with Crippen LogP contribution in [0.4, 0.5) is 0 Å². The molecule has 0 aromatic heterocycles. The Balaban J connectivity index is 2.26. The second kappa shape index (κ2) is 15.9. The molecule has 0 heterocycles. The zero-order chi connectivity index (χ0) is 19.7. The molecule has 0 radical (unpaired) electrons. The highest BCUT2D eigenvalue weighted by molar-refractivity contribution is 5.76. The van der Waals surface area contributed by atoms with E-state index in [1.165, 1.54) is 38.5 Å². The number of hydrogen-bond acceptors (Lipinski definition) is 4. The Labute approximate surface area is 166 Å². The van der Waals surface area contributed by atoms with Gasteiger partial charge in [-0.2, -0.15) is 0 Å². The third-order valence-corrected chi connectivity index (χ3v) is 5.58. The molecule has 0 aromatic carbocycles. The first-order chi connectivity index (χ1) is 13.2. The molecule has 0 spiro atoms. The Kier molecular flexibility index (Phi) is 14.2. The normalized spacial score (nSPS) is 20.1. The van der Waals surface area contributed by atoms with Crippen molar-refractivity contribution >= 4 is 11.9 Å². The Hall–Kier alpha value is -1.06. The summed E-state index contributed by atoms with van der Waals surface area (Å²) in [6.45, 7) is 5.43. The molecule has 0 bridgehead atoms. The third-order valence-electron chi connectivity index (χ3n) is 5.58. The molecule has 0 N–H and O–H groups in total. The number of carbonyl (C=O) groups excluding carboxylic acids is 2. The highest BCUT2D eigenvalue weighted by Crippen LogP contribution is 2.29. The van der Waals surface area contributed by atoms with Crippen molar-refractivity contribution in [1.29, 1.82) is 0 Å². The molecule has 1 rings (SSSR count). The van der Waals surface area contributed by atoms with Gasteiger partial charge in [0.25, 0.3) is 0 Å². The molecule has 2 atom stereocenters. The van der Waals surface area contributed by atoms with Gasteiger partial charge < -0.3 is 9.47 Å². The van der Waals surface area contributed by atoms with Crippen LogP contribution in [0.1, 0.15) is 110 Å². The van der Waals surface area contributed by atoms with Gasteiger partial charge >= 0.3 is 11.9 Å². The van der Waals surface area contributed by atoms with Crippen molar-refractivity contribution in [2.75, 3.05) is 13.2 Å². The zero-order valence-electron chi connectivity index (χ0n) is 17.8. The lowest BCUT2D eigenvalue weighted by Crippen LogP contribution is -2.25. The minimum absolute atomic E-state index is 0.107. The highest BCUT2D eigenvalue weighted by atomic mass is 16.5. The minimum atomic E-state index is -0.134. The first kappa shape index (κ1) is 24.0. The maximum absolute atomic E-state index is 12.4. The Morgan fingerprint density at radius 1 is 0.667 bits per heavy atom. The molecule has 4 heteroatoms. The summed E-state index contributed by atoms with van der Waals surface area (Å²) in [6, 6.07) is 0. The monoisotopic (exact) mass is 382 g/mol. The van der Waals surface area contributed by atoms with Gasteiger partial charge in [0.1, 0.15) is 0 Å². The lowest BCUT2D eigenvalue weighted by Gasteiger charge is -2.18. The van der Waals surface area contributed by atoms with E-state index in [1.54, 1.807) is 0 Å². The number of ether oxygens (including phenoxy) is 2. The summed E-state index contributed by atoms with van der Waals surface area (Å²) in [5.74, 6) is -0.481. The van der Waals surface area contributed by atoms with Crippen LogP contribution >= 0.6 is 0 Å². The highest BCUT2D eigenvalue weighted by Gasteiger charge is 2.31. The summed E-state index contributed by atoms with van der Waals surface area (Å²) in [6.07, 6.45) is 15.8. The predicted octanol–water partition coefficient (Wildman–Crippen LogP) is 6.21. The van der Waals surface area contributed by atoms with E-state index in [4.69, 9.17) is 9.47 Å². The fourth-order valence-corrected chi connectivity index (χ4v) is 3.78. The molecule has 0 aromatic rings. The van der Waals surface area contributed by atoms with Crippen molar-refractivity contribution in [3.63, 3.8) is 0 Å². The second-order valence-corrected chi connectivity index (χ2v) is 8.08. The molecule has 158 valence electrons. The molecule has 0 aliphatic heterocycles. The zero-order valence-corrected chi connectivity index (χ0v) is 17.8. The average Bonchev–Trinajstić information content (AvgIpc) is 2.93. The molecular formula is C23H42O4. The van der Waals surface area contributed by atoms with Crippen LogP contribution in [-0.2, 0) is 19.1 Å². The lowest BCUT2D eigenvalue weighted by molar-refractivity contribution is -0.152. The van der Waals surface area contributed by atoms with Crippen LogP contribution in [-0.4, -0.2) is 25.2 Å². The second-order valence-electron chi connectivity index (χ2n) is 8.08. The van der Waals surface area contributed by atoms with Crippen LogP contribution in [0.25, 0.3) is 0 Å². The standard InChI is InChI=1S/C23H42O4/c1-3-5-7-9-13-17-26-22(24)20-15-11-12-16-21(19-20)23(25)27-18-14-10-8-6-4-2/h20-21H,3-19H2,1-2H3. The van der Waals surface area contributed by atoms with Crippen molar-refractivity contribution in [2.24, 2.45) is 11.8 Å². The van der Waals surface area contributed by atoms with E-state index in [0.29, 0.717) is 19.6 Å². The van der Waals surface area contributed by atoms with Gasteiger partial charge in [0.05, 0.1) is 25.0 Å². The van der Waals surface area contributed by atoms with Gasteiger partial charge in [-0.05, 0) is 32.1 Å². The smallest absolute Gasteiger partial charge is 0.308 e. The average molecular weight is 383 g/mol. The number of rotatable bonds is 14. The fraction of sp³-hybridized carbons (Fsp3) is 0.913. The summed E-state index contributed by atoms with van der Waals surface area (Å²) in [5, 5.41) is 0. The number of carbonyl (C=O) groups is 2. The maximum Gasteiger partial charge on any atom is 0.308 e. The van der Waals surface area contributed by atoms with Crippen molar-refractivity contribution in [3.8, 4) is 0 Å². The van der Waals surface area contributed by atoms with E-state index >= 15 is 0 Å². The Bertz CT molecular complexity index is 358. The van der Waals surface area contributed by atoms with Gasteiger partial charge in [-0.25, -0.2) is 0 Å². The Morgan fingerprint density at radius 2 is 1.07 bits per heavy atom. The molecule has 0 amide bonds. The van der Waals surface area contributed by atoms with E-state index in [2.05, 4.69) is 13.8 Å². The van der Waals surface area contributed by atoms with Crippen molar-refractivity contribution < 1.29 is 19.1 Å². The van der Waals surface area contributed by atoms with E-state index in [-0.39, 0.29) is 23.8 Å². The molecule has 0 saturated heterocycles. The predicted molar refractivity (Wildman–Crippen MR) is 110 cm³/mol. The van der Waals surface area contributed by atoms with E-state index in [0.717, 1.165) is 51.4 Å². The van der Waals surface area contributed by atoms with E-state index in [9.17, 15) is 9.59 Å². The number of esters is 2. The maximum atomic E-state index is 12.4. The summed E-state index contributed by atoms with van der Waals surface area (Å²) in [5.41, 5.74) is 0. The van der Waals surface area contributed by atoms with Crippen molar-refractivity contribution in [3.05, 3.63) is 0 Å². The van der Waals surface area contributed by atoms with E-state index in [1.807, 2.05) is 0 Å². The summed E-state index contributed by atoms with van der Waals surface area (Å²) in [4.78, 5) is 24.8. The first-order valence-electron chi connectivity index (χ1n) is 11.5. The van der Waals surface area contributed by atoms with Crippen LogP contribution < -0.4 is 0 Å². The first-order valence-corrected chi connectivity index (χ1v) is 11.5. The molecule has 27 heavy (non-hydrogen) atoms. The van der Waals surface area contributed by atoms with Gasteiger partial charge in [0, 0.05) is 0 Å². The summed E-state index contributed by atoms with van der Waals surface area (Å²) >= 11 is 0. The molecular weight excluding hydrogens is 340 g/mol. The van der Waals surface area contributed by atoms with Crippen LogP contribution in [0.15, 0.2) is 0 Å². The van der Waals surface area contributed by atoms with Crippen LogP contribution in [0.2, 0.25) is 0 Å². The topological polar surface area (TPSA) is 52.6 Å². The van der Waals surface area contributed by atoms with Crippen molar-refractivity contribution in [2.45, 2.75) is 110 Å². The van der Waals surface area contributed by atoms with Crippen LogP contribution in [0.5, 0.6) is 0 Å². The van der Waals surface area contributed by atoms with E-state index < -0.39 is 0 Å². The third kappa shape index (κ3) is 11.4. The molecule has 1 aliphatic carbocycles. The van der Waals surface area contributed by atoms with Gasteiger partial charge in [-0.1, -0.05) is 78.1 Å². The Morgan fingerprint density at radius 3 is 1.48 bits per heavy atom. The number of unbranched alkanes of at least 4 members (excludes halogenated alkanes) is 8. The largest absolute Gasteiger partial charge is 0.465 e. The summed E-state index contributed by atoms with van der Waals surface area (Å²) in [7, 11) is 0. The van der Waals surface area contributed by atoms with Gasteiger partial charge in [0.2, 0.25) is 0 Å².